The van der Waals surface area contributed by atoms with Crippen molar-refractivity contribution in [2.45, 2.75) is 31.8 Å². The van der Waals surface area contributed by atoms with Crippen LogP contribution >= 0.6 is 15.9 Å². The van der Waals surface area contributed by atoms with E-state index in [9.17, 15) is 9.90 Å². The Balaban J connectivity index is 2.20. The topological polar surface area (TPSA) is 67.2 Å². The molecule has 19 heavy (non-hydrogen) atoms. The van der Waals surface area contributed by atoms with Crippen LogP contribution in [0, 0.1) is 18.3 Å². The highest BCUT2D eigenvalue weighted by molar-refractivity contribution is 9.10. The molecule has 6 heteroatoms. The highest BCUT2D eigenvalue weighted by atomic mass is 79.9. The first-order valence-electron chi connectivity index (χ1n) is 6.24. The van der Waals surface area contributed by atoms with E-state index in [0.717, 1.165) is 19.3 Å². The average molecular weight is 326 g/mol. The summed E-state index contributed by atoms with van der Waals surface area (Å²) in [6.07, 6.45) is 9.85. The maximum Gasteiger partial charge on any atom is 0.284 e. The van der Waals surface area contributed by atoms with Gasteiger partial charge in [-0.2, -0.15) is 5.10 Å². The summed E-state index contributed by atoms with van der Waals surface area (Å²) in [5.74, 6) is 2.62. The first-order chi connectivity index (χ1) is 9.17. The molecular formula is C13H16BrN3O2. The van der Waals surface area contributed by atoms with Crippen LogP contribution in [0.3, 0.4) is 0 Å². The predicted molar refractivity (Wildman–Crippen MR) is 76.9 cm³/mol. The van der Waals surface area contributed by atoms with Crippen LogP contribution in [0.2, 0.25) is 0 Å². The molecular weight excluding hydrogens is 310 g/mol. The molecule has 2 N–H and O–H groups in total. The van der Waals surface area contributed by atoms with Crippen molar-refractivity contribution in [3.63, 3.8) is 0 Å². The zero-order chi connectivity index (χ0) is 13.8. The van der Waals surface area contributed by atoms with Crippen molar-refractivity contribution >= 4 is 21.6 Å². The zero-order valence-electron chi connectivity index (χ0n) is 10.5. The lowest BCUT2D eigenvalue weighted by molar-refractivity contribution is 0.222. The molecule has 1 fully saturated rings. The summed E-state index contributed by atoms with van der Waals surface area (Å²) >= 11 is 3.28. The van der Waals surface area contributed by atoms with Gasteiger partial charge in [0.25, 0.3) is 5.56 Å². The standard InChI is InChI=1S/C13H16BrN3O2/c1-2-6-17-13(19)12(14)11(7-15-17)16-10-5-3-4-9(10)8-18/h1,7,9-10,16,18H,3-6,8H2. The average Bonchev–Trinajstić information content (AvgIpc) is 2.86. The van der Waals surface area contributed by atoms with Gasteiger partial charge >= 0.3 is 0 Å². The first kappa shape index (κ1) is 14.1. The van der Waals surface area contributed by atoms with E-state index in [2.05, 4.69) is 32.3 Å². The number of aliphatic hydroxyl groups is 1. The number of rotatable bonds is 4. The van der Waals surface area contributed by atoms with Crippen molar-refractivity contribution in [3.05, 3.63) is 21.0 Å². The number of nitrogens with one attached hydrogen (secondary N) is 1. The smallest absolute Gasteiger partial charge is 0.284 e. The summed E-state index contributed by atoms with van der Waals surface area (Å²) in [5.41, 5.74) is 0.408. The quantitative estimate of drug-likeness (QED) is 0.817. The molecule has 2 unspecified atom stereocenters. The van der Waals surface area contributed by atoms with Crippen molar-refractivity contribution in [2.24, 2.45) is 5.92 Å². The van der Waals surface area contributed by atoms with Crippen LogP contribution in [-0.2, 0) is 6.54 Å². The van der Waals surface area contributed by atoms with E-state index in [-0.39, 0.29) is 30.7 Å². The Bertz CT molecular complexity index is 550. The summed E-state index contributed by atoms with van der Waals surface area (Å²) in [4.78, 5) is 12.0. The molecule has 0 radical (unpaired) electrons. The third-order valence-electron chi connectivity index (χ3n) is 3.46. The lowest BCUT2D eigenvalue weighted by Crippen LogP contribution is -2.29. The number of hydrogen-bond acceptors (Lipinski definition) is 4. The second kappa shape index (κ2) is 6.22. The van der Waals surface area contributed by atoms with E-state index < -0.39 is 0 Å². The number of nitrogens with zero attached hydrogens (tertiary/aromatic N) is 2. The number of anilines is 1. The fourth-order valence-electron chi connectivity index (χ4n) is 2.41. The Labute approximate surface area is 120 Å². The second-order valence-electron chi connectivity index (χ2n) is 4.66. The van der Waals surface area contributed by atoms with Gasteiger partial charge in [0.15, 0.2) is 0 Å². The molecule has 0 aromatic carbocycles. The highest BCUT2D eigenvalue weighted by Gasteiger charge is 2.27. The largest absolute Gasteiger partial charge is 0.396 e. The Morgan fingerprint density at radius 2 is 2.42 bits per heavy atom. The van der Waals surface area contributed by atoms with Gasteiger partial charge in [-0.3, -0.25) is 4.79 Å². The van der Waals surface area contributed by atoms with Crippen LogP contribution in [0.5, 0.6) is 0 Å². The van der Waals surface area contributed by atoms with Crippen LogP contribution < -0.4 is 10.9 Å². The fraction of sp³-hybridized carbons (Fsp3) is 0.538. The van der Waals surface area contributed by atoms with Gasteiger partial charge in [-0.05, 0) is 28.8 Å². The summed E-state index contributed by atoms with van der Waals surface area (Å²) in [6.45, 7) is 0.317. The van der Waals surface area contributed by atoms with E-state index in [1.165, 1.54) is 4.68 Å². The van der Waals surface area contributed by atoms with Crippen molar-refractivity contribution in [3.8, 4) is 12.3 Å². The first-order valence-corrected chi connectivity index (χ1v) is 7.03. The van der Waals surface area contributed by atoms with Crippen molar-refractivity contribution < 1.29 is 5.11 Å². The van der Waals surface area contributed by atoms with Crippen molar-refractivity contribution in [2.75, 3.05) is 11.9 Å². The number of hydrogen-bond donors (Lipinski definition) is 2. The molecule has 0 aliphatic heterocycles. The van der Waals surface area contributed by atoms with E-state index in [0.29, 0.717) is 10.2 Å². The minimum Gasteiger partial charge on any atom is -0.396 e. The Morgan fingerprint density at radius 3 is 3.11 bits per heavy atom. The summed E-state index contributed by atoms with van der Waals surface area (Å²) < 4.78 is 1.66. The normalized spacial score (nSPS) is 22.2. The third kappa shape index (κ3) is 2.99. The summed E-state index contributed by atoms with van der Waals surface area (Å²) in [7, 11) is 0. The van der Waals surface area contributed by atoms with Gasteiger partial charge in [0.2, 0.25) is 0 Å². The van der Waals surface area contributed by atoms with Crippen molar-refractivity contribution in [1.82, 2.24) is 9.78 Å². The molecule has 1 aliphatic carbocycles. The monoisotopic (exact) mass is 325 g/mol. The Hall–Kier alpha value is -1.32. The molecule has 1 heterocycles. The van der Waals surface area contributed by atoms with Gasteiger partial charge in [-0.1, -0.05) is 12.3 Å². The zero-order valence-corrected chi connectivity index (χ0v) is 12.1. The van der Waals surface area contributed by atoms with Gasteiger partial charge in [-0.25, -0.2) is 4.68 Å². The minimum atomic E-state index is -0.249. The van der Waals surface area contributed by atoms with Gasteiger partial charge in [0, 0.05) is 18.6 Å². The van der Waals surface area contributed by atoms with Gasteiger partial charge in [0.05, 0.1) is 11.9 Å². The summed E-state index contributed by atoms with van der Waals surface area (Å²) in [5, 5.41) is 16.6. The van der Waals surface area contributed by atoms with Gasteiger partial charge < -0.3 is 10.4 Å². The lowest BCUT2D eigenvalue weighted by Gasteiger charge is -2.20. The molecule has 2 atom stereocenters. The molecule has 0 spiro atoms. The van der Waals surface area contributed by atoms with Crippen LogP contribution in [0.4, 0.5) is 5.69 Å². The van der Waals surface area contributed by atoms with E-state index in [1.54, 1.807) is 6.20 Å². The molecule has 1 aromatic heterocycles. The fourth-order valence-corrected chi connectivity index (χ4v) is 2.83. The van der Waals surface area contributed by atoms with Crippen molar-refractivity contribution in [1.29, 1.82) is 0 Å². The second-order valence-corrected chi connectivity index (χ2v) is 5.46. The molecule has 1 aliphatic rings. The predicted octanol–water partition coefficient (Wildman–Crippen LogP) is 1.21. The van der Waals surface area contributed by atoms with Gasteiger partial charge in [-0.15, -0.1) is 6.42 Å². The molecule has 5 nitrogen and oxygen atoms in total. The van der Waals surface area contributed by atoms with E-state index in [1.807, 2.05) is 0 Å². The number of halogens is 1. The molecule has 0 bridgehead atoms. The highest BCUT2D eigenvalue weighted by Crippen LogP contribution is 2.29. The number of aromatic nitrogens is 2. The Morgan fingerprint density at radius 1 is 1.63 bits per heavy atom. The van der Waals surface area contributed by atoms with Gasteiger partial charge in [0.1, 0.15) is 11.0 Å². The van der Waals surface area contributed by atoms with Crippen LogP contribution in [0.15, 0.2) is 15.5 Å². The van der Waals surface area contributed by atoms with E-state index >= 15 is 0 Å². The molecule has 0 saturated heterocycles. The molecule has 2 rings (SSSR count). The maximum atomic E-state index is 12.0. The molecule has 1 aromatic rings. The lowest BCUT2D eigenvalue weighted by atomic mass is 10.1. The van der Waals surface area contributed by atoms with Crippen LogP contribution in [0.25, 0.3) is 0 Å². The van der Waals surface area contributed by atoms with E-state index in [4.69, 9.17) is 6.42 Å². The minimum absolute atomic E-state index is 0.153. The number of aliphatic hydroxyl groups excluding tert-OH is 1. The SMILES string of the molecule is C#CCn1ncc(NC2CCCC2CO)c(Br)c1=O. The maximum absolute atomic E-state index is 12.0. The molecule has 1 saturated carbocycles. The number of terminal acetylenes is 1. The molecule has 102 valence electrons. The summed E-state index contributed by atoms with van der Waals surface area (Å²) in [6, 6.07) is 0.186. The van der Waals surface area contributed by atoms with Crippen LogP contribution in [-0.4, -0.2) is 27.5 Å². The van der Waals surface area contributed by atoms with Crippen LogP contribution in [0.1, 0.15) is 19.3 Å². The Kier molecular flexibility index (Phi) is 4.61. The molecule has 0 amide bonds. The third-order valence-corrected chi connectivity index (χ3v) is 4.23.